The summed E-state index contributed by atoms with van der Waals surface area (Å²) in [4.78, 5) is 11.3. The van der Waals surface area contributed by atoms with Crippen LogP contribution in [-0.2, 0) is 19.0 Å². The third-order valence-corrected chi connectivity index (χ3v) is 2.05. The Hall–Kier alpha value is -0.610. The Morgan fingerprint density at radius 2 is 1.87 bits per heavy atom. The molecule has 0 aliphatic heterocycles. The quantitative estimate of drug-likeness (QED) is 0.484. The third kappa shape index (κ3) is 5.14. The van der Waals surface area contributed by atoms with Crippen LogP contribution in [0.4, 0.5) is 0 Å². The molecule has 0 heterocycles. The highest BCUT2D eigenvalue weighted by atomic mass is 16.7. The van der Waals surface area contributed by atoms with Gasteiger partial charge in [-0.1, -0.05) is 6.92 Å². The molecule has 4 heteroatoms. The lowest BCUT2D eigenvalue weighted by Gasteiger charge is -2.24. The van der Waals surface area contributed by atoms with Gasteiger partial charge in [0.25, 0.3) is 0 Å². The highest BCUT2D eigenvalue weighted by Crippen LogP contribution is 2.18. The van der Waals surface area contributed by atoms with E-state index in [4.69, 9.17) is 9.47 Å². The van der Waals surface area contributed by atoms with Crippen LogP contribution in [-0.4, -0.2) is 32.6 Å². The van der Waals surface area contributed by atoms with Crippen LogP contribution in [0, 0.1) is 5.41 Å². The molecule has 0 saturated heterocycles. The molecule has 0 radical (unpaired) electrons. The second kappa shape index (κ2) is 6.80. The van der Waals surface area contributed by atoms with Gasteiger partial charge in [-0.15, -0.1) is 0 Å². The summed E-state index contributed by atoms with van der Waals surface area (Å²) >= 11 is 0. The van der Waals surface area contributed by atoms with E-state index in [1.54, 1.807) is 13.8 Å². The first kappa shape index (κ1) is 14.4. The molecule has 0 aliphatic rings. The second-order valence-electron chi connectivity index (χ2n) is 3.98. The standard InChI is InChI=1S/C11H22O4/c1-6-9(14-7-2)15-8-11(3,4)10(12)13-5/h9H,6-8H2,1-5H3. The highest BCUT2D eigenvalue weighted by molar-refractivity contribution is 5.75. The fourth-order valence-corrected chi connectivity index (χ4v) is 1.11. The van der Waals surface area contributed by atoms with Gasteiger partial charge in [0, 0.05) is 6.61 Å². The minimum absolute atomic E-state index is 0.237. The van der Waals surface area contributed by atoms with E-state index < -0.39 is 5.41 Å². The molecule has 15 heavy (non-hydrogen) atoms. The number of ether oxygens (including phenoxy) is 3. The summed E-state index contributed by atoms with van der Waals surface area (Å²) in [6.45, 7) is 8.38. The first-order chi connectivity index (χ1) is 6.97. The first-order valence-corrected chi connectivity index (χ1v) is 5.29. The van der Waals surface area contributed by atoms with Crippen molar-refractivity contribution in [3.8, 4) is 0 Å². The molecule has 0 N–H and O–H groups in total. The summed E-state index contributed by atoms with van der Waals surface area (Å²) in [6, 6.07) is 0. The monoisotopic (exact) mass is 218 g/mol. The van der Waals surface area contributed by atoms with Crippen molar-refractivity contribution in [1.29, 1.82) is 0 Å². The van der Waals surface area contributed by atoms with Crippen LogP contribution >= 0.6 is 0 Å². The van der Waals surface area contributed by atoms with Gasteiger partial charge in [-0.05, 0) is 27.2 Å². The fourth-order valence-electron chi connectivity index (χ4n) is 1.11. The van der Waals surface area contributed by atoms with Gasteiger partial charge < -0.3 is 14.2 Å². The van der Waals surface area contributed by atoms with E-state index in [9.17, 15) is 4.79 Å². The van der Waals surface area contributed by atoms with Crippen molar-refractivity contribution in [3.05, 3.63) is 0 Å². The van der Waals surface area contributed by atoms with Crippen molar-refractivity contribution in [2.24, 2.45) is 5.41 Å². The third-order valence-electron chi connectivity index (χ3n) is 2.05. The van der Waals surface area contributed by atoms with E-state index in [2.05, 4.69) is 4.74 Å². The molecule has 0 rings (SSSR count). The molecule has 0 saturated carbocycles. The van der Waals surface area contributed by atoms with Gasteiger partial charge in [0.05, 0.1) is 19.1 Å². The first-order valence-electron chi connectivity index (χ1n) is 5.29. The molecular weight excluding hydrogens is 196 g/mol. The fraction of sp³-hybridized carbons (Fsp3) is 0.909. The number of carbonyl (C=O) groups excluding carboxylic acids is 1. The average molecular weight is 218 g/mol. The number of rotatable bonds is 7. The van der Waals surface area contributed by atoms with Gasteiger partial charge in [0.2, 0.25) is 0 Å². The molecule has 0 amide bonds. The Bertz CT molecular complexity index is 189. The predicted molar refractivity (Wildman–Crippen MR) is 57.5 cm³/mol. The van der Waals surface area contributed by atoms with Crippen LogP contribution in [0.1, 0.15) is 34.1 Å². The molecule has 0 bridgehead atoms. The lowest BCUT2D eigenvalue weighted by atomic mass is 9.95. The number of esters is 1. The van der Waals surface area contributed by atoms with Gasteiger partial charge in [0.15, 0.2) is 6.29 Å². The Labute approximate surface area is 91.9 Å². The summed E-state index contributed by atoms with van der Waals surface area (Å²) in [7, 11) is 1.38. The largest absolute Gasteiger partial charge is 0.469 e. The molecule has 1 unspecified atom stereocenters. The summed E-state index contributed by atoms with van der Waals surface area (Å²) in [5, 5.41) is 0. The smallest absolute Gasteiger partial charge is 0.313 e. The zero-order valence-electron chi connectivity index (χ0n) is 10.3. The van der Waals surface area contributed by atoms with Crippen LogP contribution in [0.25, 0.3) is 0 Å². The maximum Gasteiger partial charge on any atom is 0.313 e. The van der Waals surface area contributed by atoms with E-state index in [-0.39, 0.29) is 12.3 Å². The van der Waals surface area contributed by atoms with E-state index in [0.29, 0.717) is 13.2 Å². The normalized spacial score (nSPS) is 13.7. The Morgan fingerprint density at radius 3 is 2.27 bits per heavy atom. The van der Waals surface area contributed by atoms with E-state index >= 15 is 0 Å². The van der Waals surface area contributed by atoms with Crippen LogP contribution in [0.3, 0.4) is 0 Å². The molecule has 90 valence electrons. The van der Waals surface area contributed by atoms with Crippen LogP contribution < -0.4 is 0 Å². The van der Waals surface area contributed by atoms with Crippen LogP contribution in [0.5, 0.6) is 0 Å². The minimum Gasteiger partial charge on any atom is -0.469 e. The molecule has 4 nitrogen and oxygen atoms in total. The van der Waals surface area contributed by atoms with Crippen molar-refractivity contribution in [1.82, 2.24) is 0 Å². The summed E-state index contributed by atoms with van der Waals surface area (Å²) in [5.74, 6) is -0.270. The van der Waals surface area contributed by atoms with E-state index in [0.717, 1.165) is 6.42 Å². The zero-order valence-corrected chi connectivity index (χ0v) is 10.3. The van der Waals surface area contributed by atoms with E-state index in [1.165, 1.54) is 7.11 Å². The summed E-state index contributed by atoms with van der Waals surface area (Å²) in [6.07, 6.45) is 0.532. The number of carbonyl (C=O) groups is 1. The lowest BCUT2D eigenvalue weighted by Crippen LogP contribution is -2.33. The van der Waals surface area contributed by atoms with Gasteiger partial charge >= 0.3 is 5.97 Å². The summed E-state index contributed by atoms with van der Waals surface area (Å²) < 4.78 is 15.5. The Kier molecular flexibility index (Phi) is 6.52. The molecule has 0 aliphatic carbocycles. The van der Waals surface area contributed by atoms with Gasteiger partial charge in [-0.2, -0.15) is 0 Å². The SMILES string of the molecule is CCOC(CC)OCC(C)(C)C(=O)OC. The van der Waals surface area contributed by atoms with Crippen molar-refractivity contribution in [2.45, 2.75) is 40.4 Å². The molecule has 0 fully saturated rings. The Balaban J connectivity index is 4.05. The zero-order chi connectivity index (χ0) is 11.9. The molecule has 0 spiro atoms. The topological polar surface area (TPSA) is 44.8 Å². The second-order valence-corrected chi connectivity index (χ2v) is 3.98. The van der Waals surface area contributed by atoms with Crippen LogP contribution in [0.2, 0.25) is 0 Å². The highest BCUT2D eigenvalue weighted by Gasteiger charge is 2.30. The molecular formula is C11H22O4. The molecule has 0 aromatic carbocycles. The van der Waals surface area contributed by atoms with E-state index in [1.807, 2.05) is 13.8 Å². The van der Waals surface area contributed by atoms with Crippen molar-refractivity contribution < 1.29 is 19.0 Å². The molecule has 0 aromatic heterocycles. The average Bonchev–Trinajstić information content (AvgIpc) is 2.22. The predicted octanol–water partition coefficient (Wildman–Crippen LogP) is 1.97. The number of hydrogen-bond donors (Lipinski definition) is 0. The number of hydrogen-bond acceptors (Lipinski definition) is 4. The number of methoxy groups -OCH3 is 1. The van der Waals surface area contributed by atoms with Gasteiger partial charge in [0.1, 0.15) is 0 Å². The lowest BCUT2D eigenvalue weighted by molar-refractivity contribution is -0.174. The molecule has 1 atom stereocenters. The van der Waals surface area contributed by atoms with Crippen molar-refractivity contribution >= 4 is 5.97 Å². The van der Waals surface area contributed by atoms with Crippen molar-refractivity contribution in [3.63, 3.8) is 0 Å². The van der Waals surface area contributed by atoms with Crippen LogP contribution in [0.15, 0.2) is 0 Å². The maximum absolute atomic E-state index is 11.3. The summed E-state index contributed by atoms with van der Waals surface area (Å²) in [5.41, 5.74) is -0.626. The minimum atomic E-state index is -0.626. The van der Waals surface area contributed by atoms with Gasteiger partial charge in [-0.3, -0.25) is 4.79 Å². The molecule has 0 aromatic rings. The maximum atomic E-state index is 11.3. The van der Waals surface area contributed by atoms with Gasteiger partial charge in [-0.25, -0.2) is 0 Å². The van der Waals surface area contributed by atoms with Crippen molar-refractivity contribution in [2.75, 3.05) is 20.3 Å². The Morgan fingerprint density at radius 1 is 1.27 bits per heavy atom.